The summed E-state index contributed by atoms with van der Waals surface area (Å²) in [4.78, 5) is 12.3. The van der Waals surface area contributed by atoms with Crippen molar-refractivity contribution in [1.29, 1.82) is 0 Å². The molecule has 0 aliphatic rings. The maximum atomic E-state index is 12.9. The van der Waals surface area contributed by atoms with Crippen LogP contribution in [0.3, 0.4) is 0 Å². The van der Waals surface area contributed by atoms with Gasteiger partial charge in [0, 0.05) is 24.2 Å². The Hall–Kier alpha value is -1.65. The molecule has 0 fully saturated rings. The van der Waals surface area contributed by atoms with Crippen molar-refractivity contribution in [3.8, 4) is 0 Å². The number of halogens is 1. The molecule has 0 aliphatic heterocycles. The quantitative estimate of drug-likeness (QED) is 0.552. The molecule has 2 aromatic rings. The minimum atomic E-state index is -0.195. The van der Waals surface area contributed by atoms with E-state index in [9.17, 15) is 9.18 Å². The number of rotatable bonds is 10. The summed E-state index contributed by atoms with van der Waals surface area (Å²) >= 11 is 1.74. The molecule has 0 aliphatic carbocycles. The Balaban J connectivity index is 1.75. The average Bonchev–Trinajstić information content (AvgIpc) is 2.61. The number of aryl methyl sites for hydroxylation is 2. The normalized spacial score (nSPS) is 12.1. The number of Topliss-reactive ketones (excluding diaryl/α,β-unsaturated/α-hetero) is 1. The fourth-order valence-electron chi connectivity index (χ4n) is 2.64. The van der Waals surface area contributed by atoms with E-state index in [2.05, 4.69) is 24.3 Å². The minimum absolute atomic E-state index is 0.00397. The molecule has 0 saturated heterocycles. The third-order valence-corrected chi connectivity index (χ3v) is 5.11. The van der Waals surface area contributed by atoms with E-state index in [1.807, 2.05) is 12.1 Å². The first-order valence-corrected chi connectivity index (χ1v) is 9.54. The Labute approximate surface area is 153 Å². The van der Waals surface area contributed by atoms with E-state index in [1.54, 1.807) is 25.8 Å². The number of methoxy groups -OCH3 is 1. The van der Waals surface area contributed by atoms with Crippen molar-refractivity contribution < 1.29 is 13.9 Å². The molecule has 4 heteroatoms. The summed E-state index contributed by atoms with van der Waals surface area (Å²) in [7, 11) is 1.66. The van der Waals surface area contributed by atoms with Crippen LogP contribution in [-0.2, 0) is 22.4 Å². The molecule has 1 unspecified atom stereocenters. The molecular formula is C21H25FO2S. The van der Waals surface area contributed by atoms with Crippen molar-refractivity contribution in [2.75, 3.05) is 12.9 Å². The van der Waals surface area contributed by atoms with Gasteiger partial charge in [-0.2, -0.15) is 0 Å². The predicted octanol–water partition coefficient (Wildman–Crippen LogP) is 5.09. The SMILES string of the molecule is COC(CCc1ccc(CCSc2ccc(F)cc2)cc1)CC(C)=O. The predicted molar refractivity (Wildman–Crippen MR) is 102 cm³/mol. The zero-order valence-corrected chi connectivity index (χ0v) is 15.7. The number of carbonyl (C=O) groups is 1. The van der Waals surface area contributed by atoms with Crippen LogP contribution in [0.1, 0.15) is 30.9 Å². The number of carbonyl (C=O) groups excluding carboxylic acids is 1. The first kappa shape index (κ1) is 19.7. The highest BCUT2D eigenvalue weighted by atomic mass is 32.2. The second kappa shape index (κ2) is 10.4. The van der Waals surface area contributed by atoms with Gasteiger partial charge in [0.1, 0.15) is 11.6 Å². The summed E-state index contributed by atoms with van der Waals surface area (Å²) in [5, 5.41) is 0. The van der Waals surface area contributed by atoms with E-state index in [-0.39, 0.29) is 17.7 Å². The van der Waals surface area contributed by atoms with Gasteiger partial charge in [0.15, 0.2) is 0 Å². The highest BCUT2D eigenvalue weighted by Crippen LogP contribution is 2.20. The molecule has 2 rings (SSSR count). The van der Waals surface area contributed by atoms with E-state index in [4.69, 9.17) is 4.74 Å². The maximum Gasteiger partial charge on any atom is 0.132 e. The molecule has 0 radical (unpaired) electrons. The topological polar surface area (TPSA) is 26.3 Å². The van der Waals surface area contributed by atoms with Crippen LogP contribution in [0, 0.1) is 5.82 Å². The van der Waals surface area contributed by atoms with Gasteiger partial charge in [-0.3, -0.25) is 4.79 Å². The number of ketones is 1. The fraction of sp³-hybridized carbons (Fsp3) is 0.381. The summed E-state index contributed by atoms with van der Waals surface area (Å²) in [5.41, 5.74) is 2.56. The van der Waals surface area contributed by atoms with Crippen molar-refractivity contribution in [3.63, 3.8) is 0 Å². The van der Waals surface area contributed by atoms with Gasteiger partial charge in [-0.15, -0.1) is 11.8 Å². The van der Waals surface area contributed by atoms with E-state index in [1.165, 1.54) is 23.3 Å². The van der Waals surface area contributed by atoms with E-state index < -0.39 is 0 Å². The van der Waals surface area contributed by atoms with Crippen LogP contribution in [0.2, 0.25) is 0 Å². The first-order valence-electron chi connectivity index (χ1n) is 8.55. The fourth-order valence-corrected chi connectivity index (χ4v) is 3.54. The summed E-state index contributed by atoms with van der Waals surface area (Å²) < 4.78 is 18.2. The van der Waals surface area contributed by atoms with Gasteiger partial charge in [0.05, 0.1) is 6.10 Å². The van der Waals surface area contributed by atoms with Crippen LogP contribution in [-0.4, -0.2) is 24.7 Å². The number of ether oxygens (including phenoxy) is 1. The monoisotopic (exact) mass is 360 g/mol. The van der Waals surface area contributed by atoms with E-state index in [0.717, 1.165) is 29.9 Å². The molecule has 1 atom stereocenters. The van der Waals surface area contributed by atoms with Crippen LogP contribution in [0.5, 0.6) is 0 Å². The molecule has 0 heterocycles. The third kappa shape index (κ3) is 7.41. The summed E-state index contributed by atoms with van der Waals surface area (Å²) in [5.74, 6) is 0.940. The molecule has 0 amide bonds. The van der Waals surface area contributed by atoms with Gasteiger partial charge in [-0.05, 0) is 61.6 Å². The Bertz CT molecular complexity index is 653. The van der Waals surface area contributed by atoms with Crippen LogP contribution in [0.4, 0.5) is 4.39 Å². The molecular weight excluding hydrogens is 335 g/mol. The summed E-state index contributed by atoms with van der Waals surface area (Å²) in [6.45, 7) is 1.60. The van der Waals surface area contributed by atoms with Crippen molar-refractivity contribution in [2.24, 2.45) is 0 Å². The molecule has 0 bridgehead atoms. The highest BCUT2D eigenvalue weighted by Gasteiger charge is 2.10. The molecule has 25 heavy (non-hydrogen) atoms. The zero-order chi connectivity index (χ0) is 18.1. The highest BCUT2D eigenvalue weighted by molar-refractivity contribution is 7.99. The van der Waals surface area contributed by atoms with Crippen molar-refractivity contribution in [2.45, 2.75) is 43.6 Å². The lowest BCUT2D eigenvalue weighted by molar-refractivity contribution is -0.119. The van der Waals surface area contributed by atoms with Gasteiger partial charge in [-0.1, -0.05) is 24.3 Å². The van der Waals surface area contributed by atoms with Gasteiger partial charge < -0.3 is 4.74 Å². The average molecular weight is 360 g/mol. The number of hydrogen-bond acceptors (Lipinski definition) is 3. The molecule has 2 nitrogen and oxygen atoms in total. The van der Waals surface area contributed by atoms with Crippen molar-refractivity contribution in [1.82, 2.24) is 0 Å². The second-order valence-electron chi connectivity index (χ2n) is 6.17. The largest absolute Gasteiger partial charge is 0.381 e. The molecule has 2 aromatic carbocycles. The van der Waals surface area contributed by atoms with Crippen LogP contribution in [0.15, 0.2) is 53.4 Å². The third-order valence-electron chi connectivity index (χ3n) is 4.10. The van der Waals surface area contributed by atoms with Crippen LogP contribution < -0.4 is 0 Å². The second-order valence-corrected chi connectivity index (χ2v) is 7.34. The lowest BCUT2D eigenvalue weighted by Gasteiger charge is -2.13. The Morgan fingerprint density at radius 1 is 1.04 bits per heavy atom. The molecule has 0 N–H and O–H groups in total. The summed E-state index contributed by atoms with van der Waals surface area (Å²) in [6.07, 6.45) is 3.23. The van der Waals surface area contributed by atoms with E-state index >= 15 is 0 Å². The Kier molecular flexibility index (Phi) is 8.16. The van der Waals surface area contributed by atoms with Gasteiger partial charge in [0.25, 0.3) is 0 Å². The standard InChI is InChI=1S/C21H25FO2S/c1-16(23)15-20(24-2)10-7-17-3-5-18(6-4-17)13-14-25-21-11-8-19(22)9-12-21/h3-6,8-9,11-12,20H,7,10,13-15H2,1-2H3. The first-order chi connectivity index (χ1) is 12.1. The van der Waals surface area contributed by atoms with Gasteiger partial charge >= 0.3 is 0 Å². The Morgan fingerprint density at radius 2 is 1.64 bits per heavy atom. The van der Waals surface area contributed by atoms with Crippen LogP contribution >= 0.6 is 11.8 Å². The smallest absolute Gasteiger partial charge is 0.132 e. The number of thioether (sulfide) groups is 1. The summed E-state index contributed by atoms with van der Waals surface area (Å²) in [6, 6.07) is 15.2. The van der Waals surface area contributed by atoms with Gasteiger partial charge in [0.2, 0.25) is 0 Å². The number of benzene rings is 2. The maximum absolute atomic E-state index is 12.9. The zero-order valence-electron chi connectivity index (χ0n) is 14.8. The Morgan fingerprint density at radius 3 is 2.20 bits per heavy atom. The molecule has 0 aromatic heterocycles. The van der Waals surface area contributed by atoms with Crippen molar-refractivity contribution >= 4 is 17.5 Å². The lowest BCUT2D eigenvalue weighted by Crippen LogP contribution is -2.15. The molecule has 134 valence electrons. The van der Waals surface area contributed by atoms with E-state index in [0.29, 0.717) is 6.42 Å². The van der Waals surface area contributed by atoms with Crippen molar-refractivity contribution in [3.05, 3.63) is 65.5 Å². The lowest BCUT2D eigenvalue weighted by atomic mass is 10.0. The molecule has 0 spiro atoms. The van der Waals surface area contributed by atoms with Gasteiger partial charge in [-0.25, -0.2) is 4.39 Å². The molecule has 0 saturated carbocycles. The minimum Gasteiger partial charge on any atom is -0.381 e. The van der Waals surface area contributed by atoms with Crippen LogP contribution in [0.25, 0.3) is 0 Å². The number of hydrogen-bond donors (Lipinski definition) is 0.